The third kappa shape index (κ3) is 3.10. The van der Waals surface area contributed by atoms with Gasteiger partial charge in [-0.2, -0.15) is 0 Å². The van der Waals surface area contributed by atoms with E-state index in [1.54, 1.807) is 5.56 Å². The van der Waals surface area contributed by atoms with Gasteiger partial charge in [-0.1, -0.05) is 32.3 Å². The SMILES string of the molecule is CCCCCCc1c(C)c(C)cc(C)c1C. The van der Waals surface area contributed by atoms with Crippen molar-refractivity contribution in [3.8, 4) is 0 Å². The fourth-order valence-electron chi connectivity index (χ4n) is 2.40. The number of aryl methyl sites for hydroxylation is 2. The fraction of sp³-hybridized carbons (Fsp3) is 0.625. The van der Waals surface area contributed by atoms with Gasteiger partial charge in [-0.05, 0) is 68.4 Å². The van der Waals surface area contributed by atoms with Gasteiger partial charge < -0.3 is 0 Å². The van der Waals surface area contributed by atoms with Crippen LogP contribution < -0.4 is 0 Å². The largest absolute Gasteiger partial charge is 0.0654 e. The van der Waals surface area contributed by atoms with Crippen molar-refractivity contribution in [3.05, 3.63) is 33.9 Å². The summed E-state index contributed by atoms with van der Waals surface area (Å²) in [7, 11) is 0. The molecule has 0 saturated heterocycles. The molecule has 0 bridgehead atoms. The first kappa shape index (κ1) is 13.3. The van der Waals surface area contributed by atoms with Gasteiger partial charge in [-0.15, -0.1) is 0 Å². The topological polar surface area (TPSA) is 0 Å². The highest BCUT2D eigenvalue weighted by atomic mass is 14.1. The van der Waals surface area contributed by atoms with E-state index in [0.717, 1.165) is 0 Å². The van der Waals surface area contributed by atoms with E-state index in [0.29, 0.717) is 0 Å². The molecule has 0 aliphatic heterocycles. The van der Waals surface area contributed by atoms with Crippen LogP contribution in [0.1, 0.15) is 60.4 Å². The van der Waals surface area contributed by atoms with Gasteiger partial charge in [0.2, 0.25) is 0 Å². The fourth-order valence-corrected chi connectivity index (χ4v) is 2.40. The Morgan fingerprint density at radius 3 is 1.88 bits per heavy atom. The first-order valence-corrected chi connectivity index (χ1v) is 6.64. The molecule has 0 atom stereocenters. The highest BCUT2D eigenvalue weighted by Gasteiger charge is 2.07. The molecule has 0 heterocycles. The van der Waals surface area contributed by atoms with Crippen molar-refractivity contribution < 1.29 is 0 Å². The van der Waals surface area contributed by atoms with Crippen LogP contribution >= 0.6 is 0 Å². The third-order valence-electron chi connectivity index (χ3n) is 3.80. The molecule has 0 radical (unpaired) electrons. The highest BCUT2D eigenvalue weighted by molar-refractivity contribution is 5.43. The Kier molecular flexibility index (Phi) is 5.05. The molecule has 0 heteroatoms. The molecule has 0 N–H and O–H groups in total. The Labute approximate surface area is 101 Å². The summed E-state index contributed by atoms with van der Waals surface area (Å²) in [6.07, 6.45) is 6.69. The maximum absolute atomic E-state index is 2.32. The van der Waals surface area contributed by atoms with E-state index in [1.807, 2.05) is 0 Å². The maximum Gasteiger partial charge on any atom is -0.0273 e. The van der Waals surface area contributed by atoms with Gasteiger partial charge in [0, 0.05) is 0 Å². The van der Waals surface area contributed by atoms with Crippen molar-refractivity contribution in [2.75, 3.05) is 0 Å². The molecule has 1 rings (SSSR count). The molecule has 16 heavy (non-hydrogen) atoms. The van der Waals surface area contributed by atoms with Crippen LogP contribution in [0.15, 0.2) is 6.07 Å². The van der Waals surface area contributed by atoms with Gasteiger partial charge in [0.05, 0.1) is 0 Å². The lowest BCUT2D eigenvalue weighted by Crippen LogP contribution is -1.99. The van der Waals surface area contributed by atoms with Crippen molar-refractivity contribution in [2.45, 2.75) is 66.7 Å². The maximum atomic E-state index is 2.32. The molecular formula is C16H26. The quantitative estimate of drug-likeness (QED) is 0.607. The molecule has 1 aromatic rings. The second-order valence-electron chi connectivity index (χ2n) is 5.05. The normalized spacial score (nSPS) is 10.8. The van der Waals surface area contributed by atoms with Crippen LogP contribution in [0, 0.1) is 27.7 Å². The zero-order valence-electron chi connectivity index (χ0n) is 11.6. The van der Waals surface area contributed by atoms with Gasteiger partial charge in [-0.3, -0.25) is 0 Å². The number of hydrogen-bond donors (Lipinski definition) is 0. The first-order chi connectivity index (χ1) is 7.57. The molecule has 0 unspecified atom stereocenters. The van der Waals surface area contributed by atoms with E-state index in [2.05, 4.69) is 40.7 Å². The minimum absolute atomic E-state index is 1.26. The number of rotatable bonds is 5. The van der Waals surface area contributed by atoms with E-state index in [9.17, 15) is 0 Å². The predicted octanol–water partition coefficient (Wildman–Crippen LogP) is 5.04. The van der Waals surface area contributed by atoms with E-state index < -0.39 is 0 Å². The summed E-state index contributed by atoms with van der Waals surface area (Å²) in [6.45, 7) is 11.3. The highest BCUT2D eigenvalue weighted by Crippen LogP contribution is 2.23. The Balaban J connectivity index is 2.78. The van der Waals surface area contributed by atoms with Crippen molar-refractivity contribution >= 4 is 0 Å². The Bertz CT molecular complexity index is 321. The average Bonchev–Trinajstić information content (AvgIpc) is 2.25. The third-order valence-corrected chi connectivity index (χ3v) is 3.80. The van der Waals surface area contributed by atoms with Crippen molar-refractivity contribution in [1.82, 2.24) is 0 Å². The molecular weight excluding hydrogens is 192 g/mol. The molecule has 1 aromatic carbocycles. The van der Waals surface area contributed by atoms with E-state index >= 15 is 0 Å². The molecule has 0 amide bonds. The number of benzene rings is 1. The first-order valence-electron chi connectivity index (χ1n) is 6.64. The van der Waals surface area contributed by atoms with Crippen LogP contribution in [0.2, 0.25) is 0 Å². The van der Waals surface area contributed by atoms with Gasteiger partial charge >= 0.3 is 0 Å². The minimum atomic E-state index is 1.26. The van der Waals surface area contributed by atoms with Crippen LogP contribution in [-0.4, -0.2) is 0 Å². The summed E-state index contributed by atoms with van der Waals surface area (Å²) in [4.78, 5) is 0. The Morgan fingerprint density at radius 2 is 1.38 bits per heavy atom. The van der Waals surface area contributed by atoms with E-state index in [4.69, 9.17) is 0 Å². The van der Waals surface area contributed by atoms with Crippen molar-refractivity contribution in [2.24, 2.45) is 0 Å². The summed E-state index contributed by atoms with van der Waals surface area (Å²) in [5.41, 5.74) is 7.54. The van der Waals surface area contributed by atoms with Gasteiger partial charge in [0.25, 0.3) is 0 Å². The smallest absolute Gasteiger partial charge is 0.0273 e. The van der Waals surface area contributed by atoms with E-state index in [1.165, 1.54) is 54.4 Å². The van der Waals surface area contributed by atoms with Crippen LogP contribution in [0.5, 0.6) is 0 Å². The lowest BCUT2D eigenvalue weighted by atomic mass is 9.91. The molecule has 0 nitrogen and oxygen atoms in total. The molecule has 0 spiro atoms. The zero-order valence-corrected chi connectivity index (χ0v) is 11.6. The summed E-state index contributed by atoms with van der Waals surface area (Å²) in [6, 6.07) is 2.32. The van der Waals surface area contributed by atoms with Crippen molar-refractivity contribution in [1.29, 1.82) is 0 Å². The van der Waals surface area contributed by atoms with Crippen LogP contribution in [0.25, 0.3) is 0 Å². The monoisotopic (exact) mass is 218 g/mol. The Morgan fingerprint density at radius 1 is 0.812 bits per heavy atom. The second-order valence-corrected chi connectivity index (χ2v) is 5.05. The summed E-state index contributed by atoms with van der Waals surface area (Å²) >= 11 is 0. The molecule has 0 aromatic heterocycles. The molecule has 0 fully saturated rings. The van der Waals surface area contributed by atoms with Crippen LogP contribution in [0.3, 0.4) is 0 Å². The standard InChI is InChI=1S/C16H26/c1-6-7-8-9-10-16-14(4)12(2)11-13(3)15(16)5/h11H,6-10H2,1-5H3. The van der Waals surface area contributed by atoms with Gasteiger partial charge in [0.1, 0.15) is 0 Å². The lowest BCUT2D eigenvalue weighted by molar-refractivity contribution is 0.664. The van der Waals surface area contributed by atoms with Crippen molar-refractivity contribution in [3.63, 3.8) is 0 Å². The van der Waals surface area contributed by atoms with Gasteiger partial charge in [-0.25, -0.2) is 0 Å². The minimum Gasteiger partial charge on any atom is -0.0654 e. The molecule has 0 aliphatic rings. The number of unbranched alkanes of at least 4 members (excludes halogenated alkanes) is 3. The Hall–Kier alpha value is -0.780. The second kappa shape index (κ2) is 6.08. The molecule has 90 valence electrons. The van der Waals surface area contributed by atoms with E-state index in [-0.39, 0.29) is 0 Å². The summed E-state index contributed by atoms with van der Waals surface area (Å²) in [5.74, 6) is 0. The predicted molar refractivity (Wildman–Crippen MR) is 73.2 cm³/mol. The van der Waals surface area contributed by atoms with Crippen LogP contribution in [0.4, 0.5) is 0 Å². The number of hydrogen-bond acceptors (Lipinski definition) is 0. The average molecular weight is 218 g/mol. The lowest BCUT2D eigenvalue weighted by Gasteiger charge is -2.15. The van der Waals surface area contributed by atoms with Gasteiger partial charge in [0.15, 0.2) is 0 Å². The summed E-state index contributed by atoms with van der Waals surface area (Å²) in [5, 5.41) is 0. The molecule has 0 aliphatic carbocycles. The zero-order chi connectivity index (χ0) is 12.1. The molecule has 0 saturated carbocycles. The summed E-state index contributed by atoms with van der Waals surface area (Å²) < 4.78 is 0. The van der Waals surface area contributed by atoms with Crippen LogP contribution in [-0.2, 0) is 6.42 Å².